The van der Waals surface area contributed by atoms with Crippen LogP contribution < -0.4 is 5.32 Å². The van der Waals surface area contributed by atoms with E-state index >= 15 is 0 Å². The lowest BCUT2D eigenvalue weighted by molar-refractivity contribution is -0.137. The van der Waals surface area contributed by atoms with Gasteiger partial charge in [-0.3, -0.25) is 0 Å². The van der Waals surface area contributed by atoms with Crippen LogP contribution in [0, 0.1) is 0 Å². The monoisotopic (exact) mass is 401 g/mol. The second-order valence-corrected chi connectivity index (χ2v) is 7.88. The van der Waals surface area contributed by atoms with Gasteiger partial charge in [0.05, 0.1) is 23.7 Å². The van der Waals surface area contributed by atoms with E-state index in [1.165, 1.54) is 22.5 Å². The zero-order valence-corrected chi connectivity index (χ0v) is 15.1. The number of hydrogen-bond acceptors (Lipinski definition) is 5. The molecule has 3 rings (SSSR count). The zero-order valence-electron chi connectivity index (χ0n) is 14.2. The summed E-state index contributed by atoms with van der Waals surface area (Å²) in [5.74, 6) is 0.299. The standard InChI is InChI=1S/C17H18F3N3O3S/c18-17(19,20)14-3-6-16(22-12-14)21-11-13-1-4-15(5-2-13)27(24,25)23-7-9-26-10-8-23/h1-6,12H,7-11H2,(H,21,22). The summed E-state index contributed by atoms with van der Waals surface area (Å²) in [6.07, 6.45) is -3.66. The van der Waals surface area contributed by atoms with Crippen molar-refractivity contribution >= 4 is 15.8 Å². The average Bonchev–Trinajstić information content (AvgIpc) is 2.67. The number of hydrogen-bond donors (Lipinski definition) is 1. The van der Waals surface area contributed by atoms with Gasteiger partial charge in [-0.25, -0.2) is 13.4 Å². The minimum Gasteiger partial charge on any atom is -0.379 e. The van der Waals surface area contributed by atoms with Crippen LogP contribution in [0.3, 0.4) is 0 Å². The Hall–Kier alpha value is -2.17. The highest BCUT2D eigenvalue weighted by molar-refractivity contribution is 7.89. The molecule has 1 aromatic carbocycles. The van der Waals surface area contributed by atoms with E-state index in [1.807, 2.05) is 0 Å². The molecule has 2 aromatic rings. The summed E-state index contributed by atoms with van der Waals surface area (Å²) in [6.45, 7) is 1.70. The summed E-state index contributed by atoms with van der Waals surface area (Å²) in [6, 6.07) is 8.55. The number of ether oxygens (including phenoxy) is 1. The molecular weight excluding hydrogens is 383 g/mol. The number of anilines is 1. The number of benzene rings is 1. The molecule has 6 nitrogen and oxygen atoms in total. The number of pyridine rings is 1. The molecule has 146 valence electrons. The number of halogens is 3. The molecule has 0 radical (unpaired) electrons. The summed E-state index contributed by atoms with van der Waals surface area (Å²) >= 11 is 0. The minimum absolute atomic E-state index is 0.195. The molecule has 0 spiro atoms. The van der Waals surface area contributed by atoms with Crippen molar-refractivity contribution < 1.29 is 26.3 Å². The molecule has 0 atom stereocenters. The van der Waals surface area contributed by atoms with E-state index in [0.717, 1.165) is 17.8 Å². The van der Waals surface area contributed by atoms with E-state index in [2.05, 4.69) is 10.3 Å². The quantitative estimate of drug-likeness (QED) is 0.834. The number of nitrogens with one attached hydrogen (secondary N) is 1. The third kappa shape index (κ3) is 4.76. The van der Waals surface area contributed by atoms with E-state index in [9.17, 15) is 21.6 Å². The van der Waals surface area contributed by atoms with Crippen LogP contribution in [-0.2, 0) is 27.5 Å². The van der Waals surface area contributed by atoms with Crippen LogP contribution in [-0.4, -0.2) is 44.0 Å². The molecule has 0 aliphatic carbocycles. The maximum Gasteiger partial charge on any atom is 0.417 e. The predicted octanol–water partition coefficient (Wildman–Crippen LogP) is 2.73. The Labute approximate surface area is 155 Å². The van der Waals surface area contributed by atoms with Crippen LogP contribution >= 0.6 is 0 Å². The van der Waals surface area contributed by atoms with Crippen molar-refractivity contribution in [2.24, 2.45) is 0 Å². The molecule has 1 aliphatic heterocycles. The van der Waals surface area contributed by atoms with Gasteiger partial charge >= 0.3 is 6.18 Å². The first kappa shape index (κ1) is 19.6. The molecule has 1 aromatic heterocycles. The van der Waals surface area contributed by atoms with Crippen molar-refractivity contribution in [1.82, 2.24) is 9.29 Å². The Bertz CT molecular complexity index is 863. The highest BCUT2D eigenvalue weighted by atomic mass is 32.2. The molecule has 0 amide bonds. The largest absolute Gasteiger partial charge is 0.417 e. The lowest BCUT2D eigenvalue weighted by Gasteiger charge is -2.26. The van der Waals surface area contributed by atoms with Gasteiger partial charge in [0.2, 0.25) is 10.0 Å². The van der Waals surface area contributed by atoms with Crippen molar-refractivity contribution in [3.05, 3.63) is 53.7 Å². The van der Waals surface area contributed by atoms with Crippen LogP contribution in [0.1, 0.15) is 11.1 Å². The second kappa shape index (κ2) is 7.83. The summed E-state index contributed by atoms with van der Waals surface area (Å²) < 4.78 is 69.2. The van der Waals surface area contributed by atoms with Crippen molar-refractivity contribution in [2.75, 3.05) is 31.6 Å². The predicted molar refractivity (Wildman–Crippen MR) is 92.6 cm³/mol. The molecule has 10 heteroatoms. The number of nitrogens with zero attached hydrogens (tertiary/aromatic N) is 2. The SMILES string of the molecule is O=S(=O)(c1ccc(CNc2ccc(C(F)(F)F)cn2)cc1)N1CCOCC1. The van der Waals surface area contributed by atoms with Gasteiger partial charge in [0.15, 0.2) is 0 Å². The van der Waals surface area contributed by atoms with E-state index in [0.29, 0.717) is 38.7 Å². The van der Waals surface area contributed by atoms with Crippen LogP contribution in [0.5, 0.6) is 0 Å². The van der Waals surface area contributed by atoms with Crippen LogP contribution in [0.4, 0.5) is 19.0 Å². The van der Waals surface area contributed by atoms with Crippen LogP contribution in [0.25, 0.3) is 0 Å². The van der Waals surface area contributed by atoms with Gasteiger partial charge in [-0.15, -0.1) is 0 Å². The third-order valence-corrected chi connectivity index (χ3v) is 6.01. The first-order valence-electron chi connectivity index (χ1n) is 8.21. The lowest BCUT2D eigenvalue weighted by Crippen LogP contribution is -2.40. The highest BCUT2D eigenvalue weighted by Gasteiger charge is 2.30. The molecular formula is C17H18F3N3O3S. The number of aromatic nitrogens is 1. The van der Waals surface area contributed by atoms with Gasteiger partial charge in [-0.1, -0.05) is 12.1 Å². The summed E-state index contributed by atoms with van der Waals surface area (Å²) in [5.41, 5.74) is -0.0386. The van der Waals surface area contributed by atoms with E-state index < -0.39 is 21.8 Å². The number of alkyl halides is 3. The summed E-state index contributed by atoms with van der Waals surface area (Å²) in [4.78, 5) is 3.93. The molecule has 1 fully saturated rings. The molecule has 1 saturated heterocycles. The molecule has 2 heterocycles. The molecule has 0 unspecified atom stereocenters. The van der Waals surface area contributed by atoms with Crippen molar-refractivity contribution in [2.45, 2.75) is 17.6 Å². The Kier molecular flexibility index (Phi) is 5.68. The first-order chi connectivity index (χ1) is 12.8. The average molecular weight is 401 g/mol. The third-order valence-electron chi connectivity index (χ3n) is 4.10. The fraction of sp³-hybridized carbons (Fsp3) is 0.353. The van der Waals surface area contributed by atoms with E-state index in [4.69, 9.17) is 4.74 Å². The van der Waals surface area contributed by atoms with Crippen molar-refractivity contribution in [3.63, 3.8) is 0 Å². The number of sulfonamides is 1. The summed E-state index contributed by atoms with van der Waals surface area (Å²) in [5, 5.41) is 2.91. The van der Waals surface area contributed by atoms with Gasteiger partial charge < -0.3 is 10.1 Å². The topological polar surface area (TPSA) is 71.5 Å². The van der Waals surface area contributed by atoms with Gasteiger partial charge in [0.1, 0.15) is 5.82 Å². The fourth-order valence-corrected chi connectivity index (χ4v) is 3.98. The summed E-state index contributed by atoms with van der Waals surface area (Å²) in [7, 11) is -3.55. The molecule has 1 N–H and O–H groups in total. The number of rotatable bonds is 5. The Morgan fingerprint density at radius 1 is 1.07 bits per heavy atom. The van der Waals surface area contributed by atoms with Crippen LogP contribution in [0.15, 0.2) is 47.5 Å². The molecule has 27 heavy (non-hydrogen) atoms. The minimum atomic E-state index is -4.42. The van der Waals surface area contributed by atoms with E-state index in [1.54, 1.807) is 12.1 Å². The Balaban J connectivity index is 1.62. The molecule has 0 bridgehead atoms. The smallest absolute Gasteiger partial charge is 0.379 e. The van der Waals surface area contributed by atoms with E-state index in [-0.39, 0.29) is 4.90 Å². The Morgan fingerprint density at radius 3 is 2.30 bits per heavy atom. The Morgan fingerprint density at radius 2 is 1.74 bits per heavy atom. The van der Waals surface area contributed by atoms with Crippen molar-refractivity contribution in [1.29, 1.82) is 0 Å². The normalized spacial score (nSPS) is 16.3. The first-order valence-corrected chi connectivity index (χ1v) is 9.65. The van der Waals surface area contributed by atoms with Crippen LogP contribution in [0.2, 0.25) is 0 Å². The fourth-order valence-electron chi connectivity index (χ4n) is 2.57. The lowest BCUT2D eigenvalue weighted by atomic mass is 10.2. The van der Waals surface area contributed by atoms with Gasteiger partial charge in [0, 0.05) is 25.8 Å². The van der Waals surface area contributed by atoms with Crippen molar-refractivity contribution in [3.8, 4) is 0 Å². The molecule has 0 saturated carbocycles. The number of morpholine rings is 1. The maximum atomic E-state index is 12.5. The van der Waals surface area contributed by atoms with Gasteiger partial charge in [-0.2, -0.15) is 17.5 Å². The zero-order chi connectivity index (χ0) is 19.5. The van der Waals surface area contributed by atoms with Gasteiger partial charge in [-0.05, 0) is 29.8 Å². The maximum absolute atomic E-state index is 12.5. The second-order valence-electron chi connectivity index (χ2n) is 5.94. The molecule has 1 aliphatic rings. The highest BCUT2D eigenvalue weighted by Crippen LogP contribution is 2.28. The van der Waals surface area contributed by atoms with Gasteiger partial charge in [0.25, 0.3) is 0 Å².